The molecule has 0 saturated carbocycles. The van der Waals surface area contributed by atoms with Gasteiger partial charge < -0.3 is 19.9 Å². The van der Waals surface area contributed by atoms with E-state index in [2.05, 4.69) is 66.0 Å². The fourth-order valence-corrected chi connectivity index (χ4v) is 5.56. The van der Waals surface area contributed by atoms with E-state index < -0.39 is 0 Å². The van der Waals surface area contributed by atoms with Crippen molar-refractivity contribution in [2.24, 2.45) is 5.92 Å². The van der Waals surface area contributed by atoms with Crippen molar-refractivity contribution in [1.82, 2.24) is 15.1 Å². The molecule has 3 aliphatic rings. The van der Waals surface area contributed by atoms with Crippen LogP contribution in [-0.4, -0.2) is 66.7 Å². The van der Waals surface area contributed by atoms with Crippen LogP contribution in [0.2, 0.25) is 0 Å². The van der Waals surface area contributed by atoms with Crippen molar-refractivity contribution in [1.29, 1.82) is 0 Å². The molecule has 3 fully saturated rings. The molecular formula is C26H31N3O3. The van der Waals surface area contributed by atoms with Crippen LogP contribution in [0.4, 0.5) is 4.79 Å². The first-order valence-electron chi connectivity index (χ1n) is 11.7. The number of piperidine rings is 2. The van der Waals surface area contributed by atoms with Crippen molar-refractivity contribution >= 4 is 11.9 Å². The molecule has 0 bridgehead atoms. The molecule has 6 heteroatoms. The molecular weight excluding hydrogens is 402 g/mol. The van der Waals surface area contributed by atoms with E-state index in [9.17, 15) is 9.59 Å². The maximum Gasteiger partial charge on any atom is 0.320 e. The van der Waals surface area contributed by atoms with E-state index >= 15 is 0 Å². The molecule has 32 heavy (non-hydrogen) atoms. The Bertz CT molecular complexity index is 888. The van der Waals surface area contributed by atoms with Gasteiger partial charge in [-0.25, -0.2) is 4.79 Å². The number of likely N-dealkylation sites (tertiary alicyclic amines) is 2. The summed E-state index contributed by atoms with van der Waals surface area (Å²) < 4.78 is 5.63. The van der Waals surface area contributed by atoms with E-state index in [1.165, 1.54) is 11.1 Å². The van der Waals surface area contributed by atoms with Crippen LogP contribution >= 0.6 is 0 Å². The second kappa shape index (κ2) is 9.33. The van der Waals surface area contributed by atoms with Gasteiger partial charge in [-0.1, -0.05) is 60.7 Å². The molecule has 3 amide bonds. The van der Waals surface area contributed by atoms with Crippen molar-refractivity contribution in [2.45, 2.75) is 37.3 Å². The fraction of sp³-hybridized carbons (Fsp3) is 0.462. The minimum atomic E-state index is -0.0907. The van der Waals surface area contributed by atoms with Gasteiger partial charge in [-0.3, -0.25) is 4.79 Å². The van der Waals surface area contributed by atoms with E-state index in [1.807, 2.05) is 9.80 Å². The number of fused-ring (bicyclic) bond motifs is 1. The minimum absolute atomic E-state index is 0.0278. The standard InChI is InChI=1S/C26H31N3O3/c30-24-18-32-23-13-16-29(17-22(23)27-24)26(31)28-14-11-21(12-15-28)25(19-7-3-1-4-8-19)20-9-5-2-6-10-20/h1-10,21-23,25H,11-18H2,(H,27,30)/t22-,23+/m1/s1. The lowest BCUT2D eigenvalue weighted by molar-refractivity contribution is -0.139. The number of hydrogen-bond acceptors (Lipinski definition) is 3. The highest BCUT2D eigenvalue weighted by Gasteiger charge is 2.38. The molecule has 3 aliphatic heterocycles. The Morgan fingerprint density at radius 2 is 1.47 bits per heavy atom. The topological polar surface area (TPSA) is 61.9 Å². The third kappa shape index (κ3) is 4.37. The summed E-state index contributed by atoms with van der Waals surface area (Å²) in [4.78, 5) is 28.8. The van der Waals surface area contributed by atoms with Gasteiger partial charge in [-0.2, -0.15) is 0 Å². The van der Waals surface area contributed by atoms with Gasteiger partial charge in [0.25, 0.3) is 0 Å². The molecule has 0 aliphatic carbocycles. The Labute approximate surface area is 189 Å². The Morgan fingerprint density at radius 3 is 2.09 bits per heavy atom. The highest BCUT2D eigenvalue weighted by atomic mass is 16.5. The average Bonchev–Trinajstić information content (AvgIpc) is 2.85. The second-order valence-corrected chi connectivity index (χ2v) is 9.16. The molecule has 0 aromatic heterocycles. The van der Waals surface area contributed by atoms with Crippen LogP contribution in [0.1, 0.15) is 36.3 Å². The summed E-state index contributed by atoms with van der Waals surface area (Å²) in [5.74, 6) is 0.759. The highest BCUT2D eigenvalue weighted by Crippen LogP contribution is 2.38. The molecule has 2 atom stereocenters. The molecule has 3 heterocycles. The summed E-state index contributed by atoms with van der Waals surface area (Å²) in [6, 6.07) is 21.5. The maximum atomic E-state index is 13.2. The van der Waals surface area contributed by atoms with Gasteiger partial charge in [0.2, 0.25) is 5.91 Å². The lowest BCUT2D eigenvalue weighted by Crippen LogP contribution is -2.62. The Balaban J connectivity index is 1.24. The van der Waals surface area contributed by atoms with Crippen molar-refractivity contribution in [3.8, 4) is 0 Å². The predicted molar refractivity (Wildman–Crippen MR) is 122 cm³/mol. The summed E-state index contributed by atoms with van der Waals surface area (Å²) in [6.45, 7) is 2.89. The third-order valence-corrected chi connectivity index (χ3v) is 7.19. The number of ether oxygens (including phenoxy) is 1. The van der Waals surface area contributed by atoms with Crippen molar-refractivity contribution in [3.05, 3.63) is 71.8 Å². The number of carbonyl (C=O) groups is 2. The SMILES string of the molecule is O=C1CO[C@H]2CCN(C(=O)N3CCC(C(c4ccccc4)c4ccccc4)CC3)C[C@H]2N1. The van der Waals surface area contributed by atoms with Crippen molar-refractivity contribution < 1.29 is 14.3 Å². The van der Waals surface area contributed by atoms with Crippen LogP contribution in [-0.2, 0) is 9.53 Å². The average molecular weight is 434 g/mol. The van der Waals surface area contributed by atoms with Crippen LogP contribution in [0.15, 0.2) is 60.7 Å². The zero-order valence-corrected chi connectivity index (χ0v) is 18.4. The number of nitrogens with zero attached hydrogens (tertiary/aromatic N) is 2. The number of nitrogens with one attached hydrogen (secondary N) is 1. The van der Waals surface area contributed by atoms with E-state index in [1.54, 1.807) is 0 Å². The summed E-state index contributed by atoms with van der Waals surface area (Å²) in [6.07, 6.45) is 2.77. The van der Waals surface area contributed by atoms with E-state index in [-0.39, 0.29) is 30.7 Å². The first-order chi connectivity index (χ1) is 15.7. The van der Waals surface area contributed by atoms with E-state index in [0.29, 0.717) is 24.9 Å². The van der Waals surface area contributed by atoms with Gasteiger partial charge in [-0.15, -0.1) is 0 Å². The van der Waals surface area contributed by atoms with Gasteiger partial charge in [-0.05, 0) is 36.3 Å². The van der Waals surface area contributed by atoms with E-state index in [4.69, 9.17) is 4.74 Å². The molecule has 1 N–H and O–H groups in total. The summed E-state index contributed by atoms with van der Waals surface area (Å²) >= 11 is 0. The van der Waals surface area contributed by atoms with E-state index in [0.717, 1.165) is 32.4 Å². The third-order valence-electron chi connectivity index (χ3n) is 7.19. The molecule has 0 unspecified atom stereocenters. The largest absolute Gasteiger partial charge is 0.366 e. The summed E-state index contributed by atoms with van der Waals surface area (Å²) in [7, 11) is 0. The molecule has 3 saturated heterocycles. The number of morpholine rings is 1. The molecule has 5 rings (SSSR count). The zero-order chi connectivity index (χ0) is 21.9. The van der Waals surface area contributed by atoms with Gasteiger partial charge in [0.15, 0.2) is 0 Å². The lowest BCUT2D eigenvalue weighted by Gasteiger charge is -2.44. The van der Waals surface area contributed by atoms with Gasteiger partial charge >= 0.3 is 6.03 Å². The lowest BCUT2D eigenvalue weighted by atomic mass is 9.76. The second-order valence-electron chi connectivity index (χ2n) is 9.16. The molecule has 2 aromatic carbocycles. The van der Waals surface area contributed by atoms with Crippen molar-refractivity contribution in [2.75, 3.05) is 32.8 Å². The number of benzene rings is 2. The number of urea groups is 1. The van der Waals surface area contributed by atoms with Crippen LogP contribution in [0.3, 0.4) is 0 Å². The number of amides is 3. The quantitative estimate of drug-likeness (QED) is 0.808. The van der Waals surface area contributed by atoms with Crippen molar-refractivity contribution in [3.63, 3.8) is 0 Å². The highest BCUT2D eigenvalue weighted by molar-refractivity contribution is 5.79. The molecule has 0 radical (unpaired) electrons. The Hall–Kier alpha value is -2.86. The Kier molecular flexibility index (Phi) is 6.12. The maximum absolute atomic E-state index is 13.2. The van der Waals surface area contributed by atoms with Crippen LogP contribution in [0.5, 0.6) is 0 Å². The van der Waals surface area contributed by atoms with Crippen LogP contribution < -0.4 is 5.32 Å². The molecule has 6 nitrogen and oxygen atoms in total. The van der Waals surface area contributed by atoms with Crippen LogP contribution in [0.25, 0.3) is 0 Å². The summed E-state index contributed by atoms with van der Waals surface area (Å²) in [5.41, 5.74) is 2.69. The molecule has 0 spiro atoms. The zero-order valence-electron chi connectivity index (χ0n) is 18.4. The van der Waals surface area contributed by atoms with Gasteiger partial charge in [0.05, 0.1) is 12.1 Å². The fourth-order valence-electron chi connectivity index (χ4n) is 5.56. The minimum Gasteiger partial charge on any atom is -0.366 e. The molecule has 2 aromatic rings. The monoisotopic (exact) mass is 433 g/mol. The molecule has 168 valence electrons. The van der Waals surface area contributed by atoms with Crippen LogP contribution in [0, 0.1) is 5.92 Å². The van der Waals surface area contributed by atoms with Gasteiger partial charge in [0, 0.05) is 32.1 Å². The predicted octanol–water partition coefficient (Wildman–Crippen LogP) is 3.24. The number of rotatable bonds is 3. The normalized spacial score (nSPS) is 24.2. The number of hydrogen-bond donors (Lipinski definition) is 1. The van der Waals surface area contributed by atoms with Gasteiger partial charge in [0.1, 0.15) is 6.61 Å². The Morgan fingerprint density at radius 1 is 0.875 bits per heavy atom. The summed E-state index contributed by atoms with van der Waals surface area (Å²) in [5, 5.41) is 2.99. The first-order valence-corrected chi connectivity index (χ1v) is 11.7. The smallest absolute Gasteiger partial charge is 0.320 e. The number of carbonyl (C=O) groups excluding carboxylic acids is 2. The first kappa shape index (κ1) is 21.0.